The summed E-state index contributed by atoms with van der Waals surface area (Å²) in [6.45, 7) is 4.36. The van der Waals surface area contributed by atoms with E-state index in [1.54, 1.807) is 6.92 Å². The number of carbonyl (C=O) groups is 3. The predicted molar refractivity (Wildman–Crippen MR) is 62.6 cm³/mol. The monoisotopic (exact) mass is 254 g/mol. The fraction of sp³-hybridized carbons (Fsp3) is 0.750. The average Bonchev–Trinajstić information content (AvgIpc) is 2.22. The van der Waals surface area contributed by atoms with Crippen LogP contribution in [-0.2, 0) is 14.3 Å². The number of hydrogen-bond donors (Lipinski definition) is 1. The first-order chi connectivity index (χ1) is 8.51. The first-order valence-corrected chi connectivity index (χ1v) is 6.30. The van der Waals surface area contributed by atoms with E-state index in [1.165, 1.54) is 0 Å². The van der Waals surface area contributed by atoms with Crippen molar-refractivity contribution in [2.24, 2.45) is 5.41 Å². The van der Waals surface area contributed by atoms with Crippen LogP contribution in [0.25, 0.3) is 0 Å². The molecule has 6 heteroatoms. The van der Waals surface area contributed by atoms with E-state index in [-0.39, 0.29) is 18.6 Å². The molecule has 1 atom stereocenters. The molecule has 1 saturated carbocycles. The summed E-state index contributed by atoms with van der Waals surface area (Å²) in [5.41, 5.74) is -0.986. The van der Waals surface area contributed by atoms with Gasteiger partial charge in [0, 0.05) is 6.61 Å². The van der Waals surface area contributed by atoms with Crippen molar-refractivity contribution in [2.75, 3.05) is 13.2 Å². The van der Waals surface area contributed by atoms with Crippen LogP contribution in [0.4, 0.5) is 4.79 Å². The third-order valence-electron chi connectivity index (χ3n) is 3.65. The molecule has 1 N–H and O–H groups in total. The Balaban J connectivity index is 2.12. The SMILES string of the molecule is CCOC(C)CN1C(=O)NC(=O)C2(CCC2)C1=O. The highest BCUT2D eigenvalue weighted by Gasteiger charge is 2.57. The van der Waals surface area contributed by atoms with E-state index in [2.05, 4.69) is 5.32 Å². The maximum absolute atomic E-state index is 12.3. The number of amides is 4. The van der Waals surface area contributed by atoms with Gasteiger partial charge in [0.05, 0.1) is 12.6 Å². The third-order valence-corrected chi connectivity index (χ3v) is 3.65. The van der Waals surface area contributed by atoms with Crippen LogP contribution in [0, 0.1) is 5.41 Å². The van der Waals surface area contributed by atoms with Crippen molar-refractivity contribution in [3.8, 4) is 0 Å². The highest BCUT2D eigenvalue weighted by Crippen LogP contribution is 2.44. The van der Waals surface area contributed by atoms with Gasteiger partial charge >= 0.3 is 6.03 Å². The maximum Gasteiger partial charge on any atom is 0.330 e. The molecule has 2 fully saturated rings. The molecular weight excluding hydrogens is 236 g/mol. The van der Waals surface area contributed by atoms with Crippen molar-refractivity contribution < 1.29 is 19.1 Å². The molecular formula is C12H18N2O4. The second-order valence-corrected chi connectivity index (χ2v) is 4.88. The Morgan fingerprint density at radius 3 is 2.56 bits per heavy atom. The van der Waals surface area contributed by atoms with Gasteiger partial charge in [-0.05, 0) is 26.7 Å². The van der Waals surface area contributed by atoms with Crippen LogP contribution in [0.1, 0.15) is 33.1 Å². The van der Waals surface area contributed by atoms with E-state index < -0.39 is 17.4 Å². The summed E-state index contributed by atoms with van der Waals surface area (Å²) >= 11 is 0. The zero-order valence-corrected chi connectivity index (χ0v) is 10.7. The van der Waals surface area contributed by atoms with Crippen LogP contribution in [0.15, 0.2) is 0 Å². The number of hydrogen-bond acceptors (Lipinski definition) is 4. The highest BCUT2D eigenvalue weighted by atomic mass is 16.5. The smallest absolute Gasteiger partial charge is 0.330 e. The van der Waals surface area contributed by atoms with E-state index in [9.17, 15) is 14.4 Å². The Labute approximate surface area is 106 Å². The molecule has 0 bridgehead atoms. The fourth-order valence-electron chi connectivity index (χ4n) is 2.46. The van der Waals surface area contributed by atoms with Gasteiger partial charge in [0.2, 0.25) is 11.8 Å². The first-order valence-electron chi connectivity index (χ1n) is 6.30. The molecule has 6 nitrogen and oxygen atoms in total. The van der Waals surface area contributed by atoms with E-state index in [4.69, 9.17) is 4.74 Å². The van der Waals surface area contributed by atoms with Crippen LogP contribution >= 0.6 is 0 Å². The van der Waals surface area contributed by atoms with Crippen LogP contribution in [0.5, 0.6) is 0 Å². The molecule has 1 aliphatic heterocycles. The van der Waals surface area contributed by atoms with Gasteiger partial charge in [0.25, 0.3) is 0 Å². The van der Waals surface area contributed by atoms with Gasteiger partial charge in [0.1, 0.15) is 5.41 Å². The van der Waals surface area contributed by atoms with E-state index >= 15 is 0 Å². The Bertz CT molecular complexity index is 390. The molecule has 1 aliphatic carbocycles. The van der Waals surface area contributed by atoms with Crippen LogP contribution in [0.2, 0.25) is 0 Å². The molecule has 1 saturated heterocycles. The molecule has 100 valence electrons. The summed E-state index contributed by atoms with van der Waals surface area (Å²) in [4.78, 5) is 36.9. The number of urea groups is 1. The molecule has 1 unspecified atom stereocenters. The van der Waals surface area contributed by atoms with Gasteiger partial charge in [-0.3, -0.25) is 19.8 Å². The lowest BCUT2D eigenvalue weighted by Crippen LogP contribution is -2.66. The fourth-order valence-corrected chi connectivity index (χ4v) is 2.46. The lowest BCUT2D eigenvalue weighted by atomic mass is 9.66. The molecule has 2 aliphatic rings. The second-order valence-electron chi connectivity index (χ2n) is 4.88. The van der Waals surface area contributed by atoms with E-state index in [0.717, 1.165) is 11.3 Å². The summed E-state index contributed by atoms with van der Waals surface area (Å²) in [5, 5.41) is 2.27. The van der Waals surface area contributed by atoms with Crippen LogP contribution in [0.3, 0.4) is 0 Å². The highest BCUT2D eigenvalue weighted by molar-refractivity contribution is 6.19. The molecule has 1 spiro atoms. The van der Waals surface area contributed by atoms with Crippen LogP contribution < -0.4 is 5.32 Å². The van der Waals surface area contributed by atoms with E-state index in [0.29, 0.717) is 19.4 Å². The maximum atomic E-state index is 12.3. The predicted octanol–water partition coefficient (Wildman–Crippen LogP) is 0.660. The third kappa shape index (κ3) is 1.90. The number of rotatable bonds is 4. The summed E-state index contributed by atoms with van der Waals surface area (Å²) in [6.07, 6.45) is 1.69. The standard InChI is InChI=1S/C12H18N2O4/c1-3-18-8(2)7-14-10(16)12(5-4-6-12)9(15)13-11(14)17/h8H,3-7H2,1-2H3,(H,13,15,17). The van der Waals surface area contributed by atoms with Gasteiger partial charge in [-0.1, -0.05) is 6.42 Å². The van der Waals surface area contributed by atoms with Gasteiger partial charge < -0.3 is 4.74 Å². The summed E-state index contributed by atoms with van der Waals surface area (Å²) < 4.78 is 5.33. The zero-order valence-electron chi connectivity index (χ0n) is 10.7. The number of nitrogens with one attached hydrogen (secondary N) is 1. The van der Waals surface area contributed by atoms with E-state index in [1.807, 2.05) is 6.92 Å². The molecule has 4 amide bonds. The Kier molecular flexibility index (Phi) is 3.38. The number of barbiturate groups is 1. The minimum absolute atomic E-state index is 0.188. The minimum Gasteiger partial charge on any atom is -0.377 e. The molecule has 0 aromatic carbocycles. The lowest BCUT2D eigenvalue weighted by molar-refractivity contribution is -0.158. The lowest BCUT2D eigenvalue weighted by Gasteiger charge is -2.44. The normalized spacial score (nSPS) is 23.9. The number of imide groups is 2. The van der Waals surface area contributed by atoms with Crippen molar-refractivity contribution >= 4 is 17.8 Å². The molecule has 0 aromatic heterocycles. The van der Waals surface area contributed by atoms with Crippen molar-refractivity contribution in [2.45, 2.75) is 39.2 Å². The summed E-state index contributed by atoms with van der Waals surface area (Å²) in [5.74, 6) is -0.807. The topological polar surface area (TPSA) is 75.7 Å². The largest absolute Gasteiger partial charge is 0.377 e. The summed E-state index contributed by atoms with van der Waals surface area (Å²) in [6, 6.07) is -0.630. The molecule has 18 heavy (non-hydrogen) atoms. The van der Waals surface area contributed by atoms with Gasteiger partial charge in [-0.15, -0.1) is 0 Å². The molecule has 0 radical (unpaired) electrons. The van der Waals surface area contributed by atoms with Gasteiger partial charge in [-0.25, -0.2) is 4.79 Å². The average molecular weight is 254 g/mol. The number of ether oxygens (including phenoxy) is 1. The second kappa shape index (κ2) is 4.68. The molecule has 2 rings (SSSR count). The summed E-state index contributed by atoms with van der Waals surface area (Å²) in [7, 11) is 0. The number of carbonyl (C=O) groups excluding carboxylic acids is 3. The van der Waals surface area contributed by atoms with Gasteiger partial charge in [0.15, 0.2) is 0 Å². The molecule has 1 heterocycles. The number of nitrogens with zero attached hydrogens (tertiary/aromatic N) is 1. The van der Waals surface area contributed by atoms with Crippen molar-refractivity contribution in [3.05, 3.63) is 0 Å². The Morgan fingerprint density at radius 1 is 1.39 bits per heavy atom. The quantitative estimate of drug-likeness (QED) is 0.748. The Morgan fingerprint density at radius 2 is 2.06 bits per heavy atom. The Hall–Kier alpha value is -1.43. The van der Waals surface area contributed by atoms with Gasteiger partial charge in [-0.2, -0.15) is 0 Å². The van der Waals surface area contributed by atoms with Crippen molar-refractivity contribution in [1.29, 1.82) is 0 Å². The van der Waals surface area contributed by atoms with Crippen molar-refractivity contribution in [1.82, 2.24) is 10.2 Å². The van der Waals surface area contributed by atoms with Crippen LogP contribution in [-0.4, -0.2) is 42.0 Å². The zero-order chi connectivity index (χ0) is 13.3. The van der Waals surface area contributed by atoms with Crippen molar-refractivity contribution in [3.63, 3.8) is 0 Å². The first kappa shape index (κ1) is 13.0. The molecule has 0 aromatic rings. The minimum atomic E-state index is -0.986.